The summed E-state index contributed by atoms with van der Waals surface area (Å²) < 4.78 is 4.67. The van der Waals surface area contributed by atoms with Gasteiger partial charge in [0.05, 0.1) is 18.7 Å². The molecule has 1 saturated heterocycles. The van der Waals surface area contributed by atoms with Gasteiger partial charge in [-0.15, -0.1) is 12.4 Å². The van der Waals surface area contributed by atoms with E-state index in [2.05, 4.69) is 15.4 Å². The highest BCUT2D eigenvalue weighted by atomic mass is 35.5. The highest BCUT2D eigenvalue weighted by Gasteiger charge is 2.22. The van der Waals surface area contributed by atoms with Gasteiger partial charge in [-0.2, -0.15) is 0 Å². The molecule has 0 saturated carbocycles. The van der Waals surface area contributed by atoms with Crippen LogP contribution in [0.1, 0.15) is 28.8 Å². The molecule has 5 nitrogen and oxygen atoms in total. The average molecular weight is 299 g/mol. The fraction of sp³-hybridized carbons (Fsp3) is 0.429. The van der Waals surface area contributed by atoms with Gasteiger partial charge in [0.2, 0.25) is 5.91 Å². The van der Waals surface area contributed by atoms with Crippen molar-refractivity contribution < 1.29 is 14.3 Å². The molecular formula is C14H19ClN2O3. The second-order valence-corrected chi connectivity index (χ2v) is 4.66. The van der Waals surface area contributed by atoms with Crippen molar-refractivity contribution in [1.82, 2.24) is 5.32 Å². The van der Waals surface area contributed by atoms with Crippen LogP contribution in [0.2, 0.25) is 0 Å². The standard InChI is InChI=1S/C14H18N2O3.ClH/c1-9-5-6-10(14(18)19-2)8-12(9)16-13(17)11-4-3-7-15-11;/h5-6,8,11,15H,3-4,7H2,1-2H3,(H,16,17);1H/t11-;/m0./s1. The first-order chi connectivity index (χ1) is 9.11. The molecule has 1 aromatic carbocycles. The predicted molar refractivity (Wildman–Crippen MR) is 79.4 cm³/mol. The molecule has 0 spiro atoms. The zero-order valence-corrected chi connectivity index (χ0v) is 12.4. The monoisotopic (exact) mass is 298 g/mol. The lowest BCUT2D eigenvalue weighted by Gasteiger charge is -2.13. The zero-order chi connectivity index (χ0) is 13.8. The van der Waals surface area contributed by atoms with E-state index in [4.69, 9.17) is 0 Å². The van der Waals surface area contributed by atoms with E-state index < -0.39 is 5.97 Å². The van der Waals surface area contributed by atoms with Gasteiger partial charge in [-0.1, -0.05) is 6.07 Å². The molecule has 0 aromatic heterocycles. The van der Waals surface area contributed by atoms with Gasteiger partial charge in [0.1, 0.15) is 0 Å². The molecule has 1 aromatic rings. The van der Waals surface area contributed by atoms with Crippen LogP contribution in [0.4, 0.5) is 5.69 Å². The molecule has 1 atom stereocenters. The van der Waals surface area contributed by atoms with Gasteiger partial charge < -0.3 is 15.4 Å². The summed E-state index contributed by atoms with van der Waals surface area (Å²) >= 11 is 0. The maximum atomic E-state index is 12.0. The summed E-state index contributed by atoms with van der Waals surface area (Å²) in [4.78, 5) is 23.5. The number of benzene rings is 1. The van der Waals surface area contributed by atoms with E-state index in [-0.39, 0.29) is 24.4 Å². The Labute approximate surface area is 124 Å². The Bertz CT molecular complexity index is 499. The summed E-state index contributed by atoms with van der Waals surface area (Å²) in [5.41, 5.74) is 2.00. The first kappa shape index (κ1) is 16.5. The zero-order valence-electron chi connectivity index (χ0n) is 11.6. The molecule has 1 aliphatic heterocycles. The number of carbonyl (C=O) groups excluding carboxylic acids is 2. The minimum Gasteiger partial charge on any atom is -0.465 e. The van der Waals surface area contributed by atoms with Crippen molar-refractivity contribution in [2.24, 2.45) is 0 Å². The molecule has 1 heterocycles. The van der Waals surface area contributed by atoms with Crippen molar-refractivity contribution in [3.05, 3.63) is 29.3 Å². The molecule has 1 fully saturated rings. The number of aryl methyl sites for hydroxylation is 1. The van der Waals surface area contributed by atoms with Gasteiger partial charge in [-0.3, -0.25) is 4.79 Å². The van der Waals surface area contributed by atoms with E-state index in [9.17, 15) is 9.59 Å². The fourth-order valence-corrected chi connectivity index (χ4v) is 2.13. The van der Waals surface area contributed by atoms with E-state index in [1.54, 1.807) is 18.2 Å². The molecule has 1 aliphatic rings. The molecular weight excluding hydrogens is 280 g/mol. The predicted octanol–water partition coefficient (Wildman–Crippen LogP) is 1.89. The molecule has 2 N–H and O–H groups in total. The third-order valence-corrected chi connectivity index (χ3v) is 3.29. The van der Waals surface area contributed by atoms with E-state index in [0.29, 0.717) is 11.3 Å². The number of halogens is 1. The second-order valence-electron chi connectivity index (χ2n) is 4.66. The lowest BCUT2D eigenvalue weighted by Crippen LogP contribution is -2.35. The molecule has 0 unspecified atom stereocenters. The maximum absolute atomic E-state index is 12.0. The average Bonchev–Trinajstić information content (AvgIpc) is 2.94. The van der Waals surface area contributed by atoms with Gasteiger partial charge in [-0.05, 0) is 44.0 Å². The van der Waals surface area contributed by atoms with Crippen LogP contribution in [0.25, 0.3) is 0 Å². The van der Waals surface area contributed by atoms with Gasteiger partial charge in [0.25, 0.3) is 0 Å². The summed E-state index contributed by atoms with van der Waals surface area (Å²) in [6.07, 6.45) is 1.86. The SMILES string of the molecule is COC(=O)c1ccc(C)c(NC(=O)[C@@H]2CCCN2)c1.Cl. The minimum absolute atomic E-state index is 0. The Morgan fingerprint density at radius 1 is 1.40 bits per heavy atom. The summed E-state index contributed by atoms with van der Waals surface area (Å²) in [5, 5.41) is 6.00. The molecule has 6 heteroatoms. The third-order valence-electron chi connectivity index (χ3n) is 3.29. The fourth-order valence-electron chi connectivity index (χ4n) is 2.13. The molecule has 0 bridgehead atoms. The third kappa shape index (κ3) is 3.71. The van der Waals surface area contributed by atoms with Crippen molar-refractivity contribution in [3.8, 4) is 0 Å². The van der Waals surface area contributed by atoms with Crippen LogP contribution in [-0.4, -0.2) is 31.6 Å². The smallest absolute Gasteiger partial charge is 0.337 e. The van der Waals surface area contributed by atoms with Crippen molar-refractivity contribution in [2.75, 3.05) is 19.0 Å². The number of methoxy groups -OCH3 is 1. The first-order valence-corrected chi connectivity index (χ1v) is 6.35. The summed E-state index contributed by atoms with van der Waals surface area (Å²) in [5.74, 6) is -0.461. The topological polar surface area (TPSA) is 67.4 Å². The van der Waals surface area contributed by atoms with Crippen LogP contribution >= 0.6 is 12.4 Å². The van der Waals surface area contributed by atoms with E-state index in [1.165, 1.54) is 7.11 Å². The maximum Gasteiger partial charge on any atom is 0.337 e. The number of ether oxygens (including phenoxy) is 1. The number of amides is 1. The molecule has 0 aliphatic carbocycles. The Morgan fingerprint density at radius 2 is 2.15 bits per heavy atom. The summed E-state index contributed by atoms with van der Waals surface area (Å²) in [7, 11) is 1.34. The highest BCUT2D eigenvalue weighted by Crippen LogP contribution is 2.18. The van der Waals surface area contributed by atoms with E-state index >= 15 is 0 Å². The molecule has 0 radical (unpaired) electrons. The Hall–Kier alpha value is -1.59. The largest absolute Gasteiger partial charge is 0.465 e. The van der Waals surface area contributed by atoms with Crippen LogP contribution in [-0.2, 0) is 9.53 Å². The van der Waals surface area contributed by atoms with E-state index in [0.717, 1.165) is 24.9 Å². The van der Waals surface area contributed by atoms with Crippen LogP contribution in [0.15, 0.2) is 18.2 Å². The summed E-state index contributed by atoms with van der Waals surface area (Å²) in [6, 6.07) is 4.99. The van der Waals surface area contributed by atoms with Gasteiger partial charge >= 0.3 is 5.97 Å². The number of anilines is 1. The number of nitrogens with one attached hydrogen (secondary N) is 2. The number of carbonyl (C=O) groups is 2. The quantitative estimate of drug-likeness (QED) is 0.836. The van der Waals surface area contributed by atoms with Crippen LogP contribution in [0, 0.1) is 6.92 Å². The van der Waals surface area contributed by atoms with Crippen molar-refractivity contribution in [1.29, 1.82) is 0 Å². The minimum atomic E-state index is -0.408. The Morgan fingerprint density at radius 3 is 2.75 bits per heavy atom. The van der Waals surface area contributed by atoms with Crippen LogP contribution < -0.4 is 10.6 Å². The first-order valence-electron chi connectivity index (χ1n) is 6.35. The molecule has 1 amide bonds. The molecule has 110 valence electrons. The van der Waals surface area contributed by atoms with Gasteiger partial charge in [0.15, 0.2) is 0 Å². The van der Waals surface area contributed by atoms with E-state index in [1.807, 2.05) is 6.92 Å². The lowest BCUT2D eigenvalue weighted by molar-refractivity contribution is -0.117. The van der Waals surface area contributed by atoms with Crippen LogP contribution in [0.5, 0.6) is 0 Å². The van der Waals surface area contributed by atoms with Crippen molar-refractivity contribution in [3.63, 3.8) is 0 Å². The Balaban J connectivity index is 0.00000200. The van der Waals surface area contributed by atoms with Crippen molar-refractivity contribution in [2.45, 2.75) is 25.8 Å². The summed E-state index contributed by atoms with van der Waals surface area (Å²) in [6.45, 7) is 2.76. The molecule has 20 heavy (non-hydrogen) atoms. The van der Waals surface area contributed by atoms with Gasteiger partial charge in [-0.25, -0.2) is 4.79 Å². The second kappa shape index (κ2) is 7.26. The highest BCUT2D eigenvalue weighted by molar-refractivity contribution is 5.97. The number of hydrogen-bond acceptors (Lipinski definition) is 4. The lowest BCUT2D eigenvalue weighted by atomic mass is 10.1. The number of rotatable bonds is 3. The van der Waals surface area contributed by atoms with Gasteiger partial charge in [0, 0.05) is 5.69 Å². The number of hydrogen-bond donors (Lipinski definition) is 2. The van der Waals surface area contributed by atoms with Crippen LogP contribution in [0.3, 0.4) is 0 Å². The molecule has 2 rings (SSSR count). The van der Waals surface area contributed by atoms with Crippen molar-refractivity contribution >= 4 is 30.0 Å². The number of esters is 1. The Kier molecular flexibility index (Phi) is 5.98. The normalized spacial score (nSPS) is 17.2.